The molecule has 13 heavy (non-hydrogen) atoms. The normalized spacial score (nSPS) is 25.8. The summed E-state index contributed by atoms with van der Waals surface area (Å²) in [6.45, 7) is 2.31. The molecule has 0 aromatic heterocycles. The maximum absolute atomic E-state index is 4.97. The lowest BCUT2D eigenvalue weighted by Crippen LogP contribution is -2.10. The molecule has 0 heteroatoms. The largest absolute Gasteiger partial charge is 0.106 e. The first-order valence-corrected chi connectivity index (χ1v) is 4.79. The molecule has 0 heterocycles. The van der Waals surface area contributed by atoms with Crippen LogP contribution in [0.15, 0.2) is 0 Å². The van der Waals surface area contributed by atoms with Gasteiger partial charge in [0.15, 0.2) is 0 Å². The highest BCUT2D eigenvalue weighted by Gasteiger charge is 2.15. The minimum Gasteiger partial charge on any atom is -0.106 e. The zero-order valence-corrected chi connectivity index (χ0v) is 8.06. The second-order valence-electron chi connectivity index (χ2n) is 3.62. The Labute approximate surface area is 88.5 Å². The van der Waals surface area contributed by atoms with Crippen molar-refractivity contribution in [3.8, 4) is 36.0 Å². The summed E-state index contributed by atoms with van der Waals surface area (Å²) in [4.78, 5) is 0. The molecule has 0 spiro atoms. The lowest BCUT2D eigenvalue weighted by atomic mass is 9.83. The maximum Gasteiger partial charge on any atom is 0.0213 e. The van der Waals surface area contributed by atoms with Gasteiger partial charge in [-0.3, -0.25) is 0 Å². The van der Waals surface area contributed by atoms with Crippen LogP contribution in [0.25, 0.3) is 0 Å². The zero-order chi connectivity index (χ0) is 9.52. The molecule has 0 aromatic carbocycles. The number of hydrogen-bond acceptors (Lipinski definition) is 0. The van der Waals surface area contributed by atoms with Gasteiger partial charge in [-0.25, -0.2) is 0 Å². The van der Waals surface area contributed by atoms with Gasteiger partial charge in [0, 0.05) is 13.1 Å². The second-order valence-corrected chi connectivity index (χ2v) is 3.62. The average Bonchev–Trinajstić information content (AvgIpc) is 2.15. The number of rotatable bonds is 0. The van der Waals surface area contributed by atoms with Crippen LogP contribution < -0.4 is 0 Å². The summed E-state index contributed by atoms with van der Waals surface area (Å²) in [5.74, 6) is 14.8. The van der Waals surface area contributed by atoms with Gasteiger partial charge in [-0.1, -0.05) is 12.8 Å². The van der Waals surface area contributed by atoms with Crippen molar-refractivity contribution in [3.05, 3.63) is 0 Å². The third kappa shape index (κ3) is 3.73. The Morgan fingerprint density at radius 2 is 1.77 bits per heavy atom. The molecule has 0 saturated heterocycles. The average molecular weight is 180 g/mol. The lowest BCUT2D eigenvalue weighted by Gasteiger charge is -2.21. The summed E-state index contributed by atoms with van der Waals surface area (Å²) in [7, 11) is 0. The number of terminal acetylenes is 1. The molecule has 1 fully saturated rings. The molecule has 1 aliphatic carbocycles. The van der Waals surface area contributed by atoms with E-state index in [0.717, 1.165) is 5.92 Å². The molecule has 0 atom stereocenters. The summed E-state index contributed by atoms with van der Waals surface area (Å²) in [6, 6.07) is 0. The van der Waals surface area contributed by atoms with Gasteiger partial charge in [-0.2, -0.15) is 0 Å². The molecule has 1 aliphatic rings. The molecule has 1 saturated carbocycles. The van der Waals surface area contributed by atoms with E-state index in [-0.39, 0.29) is 7.13 Å². The van der Waals surface area contributed by atoms with E-state index in [2.05, 4.69) is 36.5 Å². The van der Waals surface area contributed by atoms with Crippen LogP contribution in [0.4, 0.5) is 0 Å². The van der Waals surface area contributed by atoms with Gasteiger partial charge < -0.3 is 0 Å². The SMILES string of the molecule is C#CC#CC#CC1CCC(C)CC1.[HH].[HH].[HH].[HH].[HH]. The molecular weight excluding hydrogens is 156 g/mol. The van der Waals surface area contributed by atoms with Crippen LogP contribution in [0.1, 0.15) is 39.7 Å². The highest BCUT2D eigenvalue weighted by Crippen LogP contribution is 2.27. The fraction of sp³-hybridized carbons (Fsp3) is 0.538. The Morgan fingerprint density at radius 1 is 1.08 bits per heavy atom. The van der Waals surface area contributed by atoms with Crippen LogP contribution in [0.2, 0.25) is 0 Å². The lowest BCUT2D eigenvalue weighted by molar-refractivity contribution is 0.337. The monoisotopic (exact) mass is 180 g/mol. The smallest absolute Gasteiger partial charge is 0.0213 e. The van der Waals surface area contributed by atoms with E-state index in [9.17, 15) is 0 Å². The van der Waals surface area contributed by atoms with E-state index in [1.54, 1.807) is 0 Å². The molecule has 0 unspecified atom stereocenters. The summed E-state index contributed by atoms with van der Waals surface area (Å²) < 4.78 is 0. The molecule has 0 bridgehead atoms. The van der Waals surface area contributed by atoms with E-state index < -0.39 is 0 Å². The highest BCUT2D eigenvalue weighted by molar-refractivity contribution is 5.34. The molecule has 0 aliphatic heterocycles. The van der Waals surface area contributed by atoms with Crippen molar-refractivity contribution < 1.29 is 7.13 Å². The summed E-state index contributed by atoms with van der Waals surface area (Å²) in [5.41, 5.74) is 0. The van der Waals surface area contributed by atoms with Crippen LogP contribution in [0.3, 0.4) is 0 Å². The summed E-state index contributed by atoms with van der Waals surface area (Å²) >= 11 is 0. The van der Waals surface area contributed by atoms with Crippen molar-refractivity contribution in [3.63, 3.8) is 0 Å². The van der Waals surface area contributed by atoms with Gasteiger partial charge in [-0.15, -0.1) is 6.42 Å². The topological polar surface area (TPSA) is 0 Å². The quantitative estimate of drug-likeness (QED) is 0.499. The Bertz CT molecular complexity index is 315. The van der Waals surface area contributed by atoms with Gasteiger partial charge in [0.05, 0.1) is 0 Å². The molecule has 0 radical (unpaired) electrons. The number of hydrogen-bond donors (Lipinski definition) is 0. The molecule has 0 amide bonds. The van der Waals surface area contributed by atoms with Crippen molar-refractivity contribution in [1.29, 1.82) is 0 Å². The van der Waals surface area contributed by atoms with Gasteiger partial charge in [0.25, 0.3) is 0 Å². The molecule has 1 rings (SSSR count). The maximum atomic E-state index is 4.97. The standard InChI is InChI=1S/C13H14.5H2/c1-3-4-5-6-7-13-10-8-12(2)9-11-13;;;;;/h1,12-13H,8-11H2,2H3;5*1H. The summed E-state index contributed by atoms with van der Waals surface area (Å²) in [5, 5.41) is 0. The third-order valence-electron chi connectivity index (χ3n) is 2.49. The van der Waals surface area contributed by atoms with Crippen molar-refractivity contribution in [2.24, 2.45) is 11.8 Å². The van der Waals surface area contributed by atoms with E-state index in [1.807, 2.05) is 0 Å². The Morgan fingerprint density at radius 3 is 2.38 bits per heavy atom. The zero-order valence-electron chi connectivity index (χ0n) is 8.06. The van der Waals surface area contributed by atoms with Crippen LogP contribution in [-0.4, -0.2) is 0 Å². The molecule has 76 valence electrons. The third-order valence-corrected chi connectivity index (χ3v) is 2.49. The van der Waals surface area contributed by atoms with E-state index >= 15 is 0 Å². The first-order chi connectivity index (χ1) is 6.33. The first kappa shape index (κ1) is 9.77. The molecule has 0 aromatic rings. The van der Waals surface area contributed by atoms with Crippen LogP contribution in [-0.2, 0) is 0 Å². The van der Waals surface area contributed by atoms with Crippen molar-refractivity contribution >= 4 is 0 Å². The first-order valence-electron chi connectivity index (χ1n) is 4.79. The highest BCUT2D eigenvalue weighted by atomic mass is 14.2. The van der Waals surface area contributed by atoms with Gasteiger partial charge in [-0.05, 0) is 55.3 Å². The minimum absolute atomic E-state index is 0. The van der Waals surface area contributed by atoms with Crippen molar-refractivity contribution in [2.45, 2.75) is 32.6 Å². The fourth-order valence-electron chi connectivity index (χ4n) is 1.61. The molecule has 0 N–H and O–H groups in total. The Balaban J connectivity index is -0.000000113. The van der Waals surface area contributed by atoms with Gasteiger partial charge in [0.2, 0.25) is 0 Å². The van der Waals surface area contributed by atoms with Crippen LogP contribution in [0.5, 0.6) is 0 Å². The molecule has 0 nitrogen and oxygen atoms in total. The van der Waals surface area contributed by atoms with Crippen molar-refractivity contribution in [1.82, 2.24) is 0 Å². The Kier molecular flexibility index (Phi) is 4.02. The minimum atomic E-state index is 0. The van der Waals surface area contributed by atoms with Crippen LogP contribution >= 0.6 is 0 Å². The predicted octanol–water partition coefficient (Wildman–Crippen LogP) is 3.68. The Hall–Kier alpha value is -1.32. The predicted molar refractivity (Wildman–Crippen MR) is 66.1 cm³/mol. The van der Waals surface area contributed by atoms with Crippen molar-refractivity contribution in [2.75, 3.05) is 0 Å². The van der Waals surface area contributed by atoms with E-state index in [4.69, 9.17) is 6.42 Å². The van der Waals surface area contributed by atoms with Gasteiger partial charge >= 0.3 is 0 Å². The fourth-order valence-corrected chi connectivity index (χ4v) is 1.61. The second kappa shape index (κ2) is 5.35. The van der Waals surface area contributed by atoms with E-state index in [0.29, 0.717) is 5.92 Å². The van der Waals surface area contributed by atoms with Gasteiger partial charge in [0.1, 0.15) is 0 Å². The molecular formula is C13H24. The van der Waals surface area contributed by atoms with Crippen LogP contribution in [0, 0.1) is 47.9 Å². The van der Waals surface area contributed by atoms with E-state index in [1.165, 1.54) is 25.7 Å². The summed E-state index contributed by atoms with van der Waals surface area (Å²) in [6.07, 6.45) is 10.0.